The maximum Gasteiger partial charge on any atom is 0.328 e. The average molecular weight is 281 g/mol. The lowest BCUT2D eigenvalue weighted by molar-refractivity contribution is -0.158. The van der Waals surface area contributed by atoms with Gasteiger partial charge in [-0.1, -0.05) is 26.7 Å². The largest absolute Gasteiger partial charge is 0.467 e. The molecule has 0 radical (unpaired) electrons. The van der Waals surface area contributed by atoms with Gasteiger partial charge in [0.15, 0.2) is 0 Å². The van der Waals surface area contributed by atoms with E-state index in [1.54, 1.807) is 4.90 Å². The van der Waals surface area contributed by atoms with Crippen molar-refractivity contribution in [2.24, 2.45) is 11.3 Å². The smallest absolute Gasteiger partial charge is 0.328 e. The second-order valence-electron chi connectivity index (χ2n) is 6.85. The van der Waals surface area contributed by atoms with Crippen LogP contribution in [0.4, 0.5) is 0 Å². The normalized spacial score (nSPS) is 29.9. The number of nitrogens with zero attached hydrogens (tertiary/aromatic N) is 1. The van der Waals surface area contributed by atoms with Gasteiger partial charge in [-0.15, -0.1) is 0 Å². The van der Waals surface area contributed by atoms with Gasteiger partial charge < -0.3 is 9.64 Å². The molecule has 2 atom stereocenters. The van der Waals surface area contributed by atoms with Crippen molar-refractivity contribution in [1.29, 1.82) is 0 Å². The van der Waals surface area contributed by atoms with E-state index in [0.29, 0.717) is 6.54 Å². The average Bonchev–Trinajstić information content (AvgIpc) is 2.45. The molecule has 114 valence electrons. The lowest BCUT2D eigenvalue weighted by Gasteiger charge is -2.43. The minimum Gasteiger partial charge on any atom is -0.467 e. The van der Waals surface area contributed by atoms with E-state index in [1.165, 1.54) is 13.5 Å². The number of hydrogen-bond acceptors (Lipinski definition) is 3. The molecule has 2 fully saturated rings. The van der Waals surface area contributed by atoms with Crippen LogP contribution < -0.4 is 0 Å². The first-order valence-corrected chi connectivity index (χ1v) is 7.85. The molecule has 1 aliphatic carbocycles. The van der Waals surface area contributed by atoms with Crippen molar-refractivity contribution in [2.75, 3.05) is 13.7 Å². The highest BCUT2D eigenvalue weighted by Crippen LogP contribution is 2.42. The van der Waals surface area contributed by atoms with Crippen molar-refractivity contribution in [2.45, 2.75) is 64.8 Å². The molecule has 2 unspecified atom stereocenters. The predicted molar refractivity (Wildman–Crippen MR) is 77.1 cm³/mol. The molecule has 0 aromatic carbocycles. The maximum atomic E-state index is 12.9. The van der Waals surface area contributed by atoms with Crippen molar-refractivity contribution in [3.05, 3.63) is 0 Å². The zero-order chi connectivity index (χ0) is 14.8. The van der Waals surface area contributed by atoms with E-state index < -0.39 is 0 Å². The number of ether oxygens (including phenoxy) is 1. The van der Waals surface area contributed by atoms with Crippen LogP contribution in [0, 0.1) is 11.3 Å². The Balaban J connectivity index is 2.14. The molecule has 4 heteroatoms. The van der Waals surface area contributed by atoms with Crippen LogP contribution in [0.3, 0.4) is 0 Å². The van der Waals surface area contributed by atoms with Crippen LogP contribution in [0.15, 0.2) is 0 Å². The minimum absolute atomic E-state index is 0.0491. The van der Waals surface area contributed by atoms with Crippen molar-refractivity contribution in [3.8, 4) is 0 Å². The van der Waals surface area contributed by atoms with E-state index in [1.807, 2.05) is 0 Å². The van der Waals surface area contributed by atoms with Crippen LogP contribution in [0.5, 0.6) is 0 Å². The fraction of sp³-hybridized carbons (Fsp3) is 0.875. The molecule has 1 heterocycles. The summed E-state index contributed by atoms with van der Waals surface area (Å²) >= 11 is 0. The summed E-state index contributed by atoms with van der Waals surface area (Å²) in [6.45, 7) is 5.07. The summed E-state index contributed by atoms with van der Waals surface area (Å²) in [6.07, 6.45) is 7.11. The number of hydrogen-bond donors (Lipinski definition) is 0. The second-order valence-corrected chi connectivity index (χ2v) is 6.85. The van der Waals surface area contributed by atoms with E-state index >= 15 is 0 Å². The lowest BCUT2D eigenvalue weighted by atomic mass is 9.68. The molecular weight excluding hydrogens is 254 g/mol. The molecule has 2 rings (SSSR count). The molecule has 20 heavy (non-hydrogen) atoms. The Kier molecular flexibility index (Phi) is 4.71. The monoisotopic (exact) mass is 281 g/mol. The molecule has 4 nitrogen and oxygen atoms in total. The Morgan fingerprint density at radius 1 is 1.10 bits per heavy atom. The summed E-state index contributed by atoms with van der Waals surface area (Å²) in [6, 6.07) is -0.362. The third-order valence-corrected chi connectivity index (χ3v) is 5.06. The van der Waals surface area contributed by atoms with Gasteiger partial charge in [0.2, 0.25) is 5.91 Å². The third-order valence-electron chi connectivity index (χ3n) is 5.06. The molecule has 0 spiro atoms. The topological polar surface area (TPSA) is 46.6 Å². The van der Waals surface area contributed by atoms with Crippen molar-refractivity contribution in [3.63, 3.8) is 0 Å². The quantitative estimate of drug-likeness (QED) is 0.731. The van der Waals surface area contributed by atoms with Gasteiger partial charge in [-0.05, 0) is 37.5 Å². The number of piperidine rings is 1. The number of likely N-dealkylation sites (tertiary alicyclic amines) is 1. The van der Waals surface area contributed by atoms with Crippen molar-refractivity contribution >= 4 is 11.9 Å². The van der Waals surface area contributed by atoms with Crippen LogP contribution in [-0.4, -0.2) is 36.5 Å². The van der Waals surface area contributed by atoms with Gasteiger partial charge in [-0.25, -0.2) is 4.79 Å². The van der Waals surface area contributed by atoms with Gasteiger partial charge in [0.05, 0.1) is 7.11 Å². The molecular formula is C16H27NO3. The fourth-order valence-electron chi connectivity index (χ4n) is 3.73. The summed E-state index contributed by atoms with van der Waals surface area (Å²) in [5.74, 6) is -0.0297. The molecule has 0 aromatic heterocycles. The van der Waals surface area contributed by atoms with Gasteiger partial charge in [-0.2, -0.15) is 0 Å². The van der Waals surface area contributed by atoms with Crippen LogP contribution in [0.1, 0.15) is 58.8 Å². The molecule has 1 saturated heterocycles. The zero-order valence-electron chi connectivity index (χ0n) is 13.0. The summed E-state index contributed by atoms with van der Waals surface area (Å²) in [5, 5.41) is 0. The standard InChI is InChI=1S/C16H27NO3/c1-16(2)10-6-4-8-12(16)14(18)17-11-7-5-9-13(17)15(19)20-3/h12-13H,4-11H2,1-3H3. The van der Waals surface area contributed by atoms with Crippen LogP contribution in [-0.2, 0) is 14.3 Å². The zero-order valence-corrected chi connectivity index (χ0v) is 13.0. The van der Waals surface area contributed by atoms with Crippen molar-refractivity contribution < 1.29 is 14.3 Å². The Labute approximate surface area is 121 Å². The van der Waals surface area contributed by atoms with Crippen molar-refractivity contribution in [1.82, 2.24) is 4.90 Å². The molecule has 1 aliphatic heterocycles. The van der Waals surface area contributed by atoms with E-state index in [4.69, 9.17) is 4.74 Å². The highest BCUT2D eigenvalue weighted by molar-refractivity contribution is 5.86. The van der Waals surface area contributed by atoms with Crippen LogP contribution in [0.2, 0.25) is 0 Å². The van der Waals surface area contributed by atoms with E-state index in [2.05, 4.69) is 13.8 Å². The first-order chi connectivity index (χ1) is 9.47. The predicted octanol–water partition coefficient (Wildman–Crippen LogP) is 2.76. The molecule has 1 amide bonds. The molecule has 0 N–H and O–H groups in total. The molecule has 0 aromatic rings. The highest BCUT2D eigenvalue weighted by Gasteiger charge is 2.42. The number of amides is 1. The summed E-state index contributed by atoms with van der Waals surface area (Å²) in [7, 11) is 1.41. The molecule has 0 bridgehead atoms. The molecule has 1 saturated carbocycles. The fourth-order valence-corrected chi connectivity index (χ4v) is 3.73. The second kappa shape index (κ2) is 6.15. The van der Waals surface area contributed by atoms with Crippen LogP contribution in [0.25, 0.3) is 0 Å². The Bertz CT molecular complexity index is 378. The summed E-state index contributed by atoms with van der Waals surface area (Å²) in [5.41, 5.74) is 0.0491. The van der Waals surface area contributed by atoms with Crippen LogP contribution >= 0.6 is 0 Å². The Morgan fingerprint density at radius 3 is 2.45 bits per heavy atom. The first-order valence-electron chi connectivity index (χ1n) is 7.85. The summed E-state index contributed by atoms with van der Waals surface area (Å²) < 4.78 is 4.88. The van der Waals surface area contributed by atoms with Gasteiger partial charge in [0.1, 0.15) is 6.04 Å². The number of rotatable bonds is 2. The lowest BCUT2D eigenvalue weighted by Crippen LogP contribution is -2.53. The SMILES string of the molecule is COC(=O)C1CCCCN1C(=O)C1CCCCC1(C)C. The van der Waals surface area contributed by atoms with Gasteiger partial charge >= 0.3 is 5.97 Å². The number of methoxy groups -OCH3 is 1. The summed E-state index contributed by atoms with van der Waals surface area (Å²) in [4.78, 5) is 26.6. The van der Waals surface area contributed by atoms with Gasteiger partial charge in [-0.3, -0.25) is 4.79 Å². The molecule has 2 aliphatic rings. The van der Waals surface area contributed by atoms with Gasteiger partial charge in [0.25, 0.3) is 0 Å². The van der Waals surface area contributed by atoms with E-state index in [-0.39, 0.29) is 29.3 Å². The first kappa shape index (κ1) is 15.3. The van der Waals surface area contributed by atoms with E-state index in [0.717, 1.165) is 38.5 Å². The highest BCUT2D eigenvalue weighted by atomic mass is 16.5. The Hall–Kier alpha value is -1.06. The van der Waals surface area contributed by atoms with Gasteiger partial charge in [0, 0.05) is 12.5 Å². The Morgan fingerprint density at radius 2 is 1.80 bits per heavy atom. The van der Waals surface area contributed by atoms with E-state index in [9.17, 15) is 9.59 Å². The number of carbonyl (C=O) groups excluding carboxylic acids is 2. The number of carbonyl (C=O) groups is 2. The maximum absolute atomic E-state index is 12.9. The minimum atomic E-state index is -0.362. The third kappa shape index (κ3) is 2.99. The number of esters is 1.